The van der Waals surface area contributed by atoms with E-state index in [1.165, 1.54) is 0 Å². The van der Waals surface area contributed by atoms with E-state index in [9.17, 15) is 4.79 Å². The van der Waals surface area contributed by atoms with Crippen LogP contribution in [0.5, 0.6) is 0 Å². The second-order valence-corrected chi connectivity index (χ2v) is 4.33. The number of carbonyl (C=O) groups excluding carboxylic acids is 1. The average molecular weight is 229 g/mol. The first kappa shape index (κ1) is 9.90. The van der Waals surface area contributed by atoms with Gasteiger partial charge in [-0.1, -0.05) is 0 Å². The van der Waals surface area contributed by atoms with Crippen molar-refractivity contribution < 1.29 is 4.79 Å². The molecule has 1 aromatic heterocycles. The molecule has 3 heterocycles. The highest BCUT2D eigenvalue weighted by atomic mass is 16.2. The van der Waals surface area contributed by atoms with Crippen LogP contribution in [0.15, 0.2) is 18.3 Å². The summed E-state index contributed by atoms with van der Waals surface area (Å²) in [6.07, 6.45) is 4.36. The second-order valence-electron chi connectivity index (χ2n) is 4.33. The number of hydrogen-bond acceptors (Lipinski definition) is 5. The molecule has 3 rings (SSSR count). The van der Waals surface area contributed by atoms with Crippen LogP contribution in [0.4, 0.5) is 11.5 Å². The molecule has 86 valence electrons. The van der Waals surface area contributed by atoms with Crippen molar-refractivity contribution >= 4 is 17.4 Å². The predicted octanol–water partition coefficient (Wildman–Crippen LogP) is 0.371. The van der Waals surface area contributed by atoms with Gasteiger partial charge in [-0.25, -0.2) is 4.98 Å². The molecule has 2 aliphatic heterocycles. The third-order valence-electron chi connectivity index (χ3n) is 3.26. The summed E-state index contributed by atoms with van der Waals surface area (Å²) >= 11 is 0. The summed E-state index contributed by atoms with van der Waals surface area (Å²) in [4.78, 5) is 17.9. The summed E-state index contributed by atoms with van der Waals surface area (Å²) in [5, 5.41) is 14.9. The molecule has 6 nitrogen and oxygen atoms in total. The van der Waals surface area contributed by atoms with Crippen LogP contribution in [-0.4, -0.2) is 34.4 Å². The minimum Gasteiger partial charge on any atom is -0.353 e. The minimum atomic E-state index is -0.711. The van der Waals surface area contributed by atoms with E-state index in [1.807, 2.05) is 0 Å². The van der Waals surface area contributed by atoms with E-state index in [-0.39, 0.29) is 5.91 Å². The predicted molar refractivity (Wildman–Crippen MR) is 61.0 cm³/mol. The molecule has 0 saturated carbocycles. The number of fused-ring (bicyclic) bond motifs is 1. The SMILES string of the molecule is N#CN1CCC2(C1)Nc1ncccc1NC2=O. The standard InChI is InChI=1S/C11H11N5O/c12-7-16-5-3-11(6-16)10(17)14-8-2-1-4-13-9(8)15-11/h1-2,4H,3,5-6H2,(H,13,15)(H,14,17). The number of amides is 1. The van der Waals surface area contributed by atoms with Crippen molar-refractivity contribution in [2.45, 2.75) is 12.0 Å². The molecule has 1 spiro atoms. The maximum Gasteiger partial charge on any atom is 0.252 e. The Morgan fingerprint density at radius 2 is 2.47 bits per heavy atom. The van der Waals surface area contributed by atoms with Crippen molar-refractivity contribution in [1.29, 1.82) is 5.26 Å². The van der Waals surface area contributed by atoms with Gasteiger partial charge in [0.25, 0.3) is 5.91 Å². The van der Waals surface area contributed by atoms with E-state index in [2.05, 4.69) is 21.8 Å². The second kappa shape index (κ2) is 3.35. The summed E-state index contributed by atoms with van der Waals surface area (Å²) in [7, 11) is 0. The summed E-state index contributed by atoms with van der Waals surface area (Å²) < 4.78 is 0. The summed E-state index contributed by atoms with van der Waals surface area (Å²) in [6.45, 7) is 0.991. The maximum atomic E-state index is 12.1. The molecule has 2 N–H and O–H groups in total. The van der Waals surface area contributed by atoms with Crippen LogP contribution in [0, 0.1) is 11.5 Å². The Morgan fingerprint density at radius 1 is 1.59 bits per heavy atom. The average Bonchev–Trinajstić information content (AvgIpc) is 2.75. The van der Waals surface area contributed by atoms with Crippen LogP contribution < -0.4 is 10.6 Å². The van der Waals surface area contributed by atoms with Gasteiger partial charge < -0.3 is 15.5 Å². The van der Waals surface area contributed by atoms with Crippen LogP contribution >= 0.6 is 0 Å². The summed E-state index contributed by atoms with van der Waals surface area (Å²) in [6, 6.07) is 3.58. The zero-order valence-corrected chi connectivity index (χ0v) is 9.10. The monoisotopic (exact) mass is 229 g/mol. The van der Waals surface area contributed by atoms with Gasteiger partial charge in [0.1, 0.15) is 5.54 Å². The number of rotatable bonds is 0. The molecule has 1 saturated heterocycles. The third-order valence-corrected chi connectivity index (χ3v) is 3.26. The number of aromatic nitrogens is 1. The lowest BCUT2D eigenvalue weighted by molar-refractivity contribution is -0.120. The van der Waals surface area contributed by atoms with Gasteiger partial charge in [0.2, 0.25) is 0 Å². The highest BCUT2D eigenvalue weighted by Gasteiger charge is 2.47. The maximum absolute atomic E-state index is 12.1. The van der Waals surface area contributed by atoms with Crippen molar-refractivity contribution in [3.63, 3.8) is 0 Å². The van der Waals surface area contributed by atoms with E-state index in [0.717, 1.165) is 0 Å². The number of nitrogens with one attached hydrogen (secondary N) is 2. The number of pyridine rings is 1. The van der Waals surface area contributed by atoms with Crippen molar-refractivity contribution in [3.8, 4) is 6.19 Å². The van der Waals surface area contributed by atoms with E-state index >= 15 is 0 Å². The van der Waals surface area contributed by atoms with Gasteiger partial charge in [-0.05, 0) is 18.6 Å². The summed E-state index contributed by atoms with van der Waals surface area (Å²) in [5.74, 6) is 0.586. The Kier molecular flexibility index (Phi) is 1.95. The van der Waals surface area contributed by atoms with Crippen molar-refractivity contribution in [3.05, 3.63) is 18.3 Å². The van der Waals surface area contributed by atoms with Crippen LogP contribution in [0.3, 0.4) is 0 Å². The Hall–Kier alpha value is -2.29. The third kappa shape index (κ3) is 1.40. The van der Waals surface area contributed by atoms with Gasteiger partial charge in [0, 0.05) is 12.7 Å². The zero-order chi connectivity index (χ0) is 11.9. The number of anilines is 2. The zero-order valence-electron chi connectivity index (χ0n) is 9.10. The topological polar surface area (TPSA) is 81.1 Å². The lowest BCUT2D eigenvalue weighted by atomic mass is 9.95. The molecule has 1 amide bonds. The number of nitriles is 1. The Labute approximate surface area is 98.2 Å². The fraction of sp³-hybridized carbons (Fsp3) is 0.364. The molecule has 1 aromatic rings. The van der Waals surface area contributed by atoms with Gasteiger partial charge in [-0.3, -0.25) is 4.79 Å². The quantitative estimate of drug-likeness (QED) is 0.628. The number of carbonyl (C=O) groups is 1. The van der Waals surface area contributed by atoms with E-state index in [4.69, 9.17) is 5.26 Å². The fourth-order valence-corrected chi connectivity index (χ4v) is 2.31. The van der Waals surface area contributed by atoms with Crippen molar-refractivity contribution in [2.75, 3.05) is 23.7 Å². The highest BCUT2D eigenvalue weighted by Crippen LogP contribution is 2.33. The first-order valence-electron chi connectivity index (χ1n) is 5.43. The van der Waals surface area contributed by atoms with E-state index in [1.54, 1.807) is 23.2 Å². The molecule has 1 atom stereocenters. The molecular weight excluding hydrogens is 218 g/mol. The molecule has 0 bridgehead atoms. The Morgan fingerprint density at radius 3 is 3.24 bits per heavy atom. The van der Waals surface area contributed by atoms with Gasteiger partial charge in [-0.15, -0.1) is 0 Å². The highest BCUT2D eigenvalue weighted by molar-refractivity contribution is 6.05. The molecular formula is C11H11N5O. The first-order chi connectivity index (χ1) is 8.23. The van der Waals surface area contributed by atoms with Crippen molar-refractivity contribution in [2.24, 2.45) is 0 Å². The molecule has 6 heteroatoms. The molecule has 0 radical (unpaired) electrons. The van der Waals surface area contributed by atoms with Crippen LogP contribution in [0.25, 0.3) is 0 Å². The largest absolute Gasteiger partial charge is 0.353 e. The number of likely N-dealkylation sites (tertiary alicyclic amines) is 1. The fourth-order valence-electron chi connectivity index (χ4n) is 2.31. The number of nitrogens with zero attached hydrogens (tertiary/aromatic N) is 3. The van der Waals surface area contributed by atoms with Gasteiger partial charge in [0.15, 0.2) is 12.0 Å². The lowest BCUT2D eigenvalue weighted by Gasteiger charge is -2.34. The first-order valence-corrected chi connectivity index (χ1v) is 5.43. The number of hydrogen-bond donors (Lipinski definition) is 2. The normalized spacial score (nSPS) is 26.1. The van der Waals surface area contributed by atoms with E-state index < -0.39 is 5.54 Å². The van der Waals surface area contributed by atoms with Gasteiger partial charge in [-0.2, -0.15) is 5.26 Å². The van der Waals surface area contributed by atoms with Crippen LogP contribution in [-0.2, 0) is 4.79 Å². The molecule has 1 unspecified atom stereocenters. The molecule has 17 heavy (non-hydrogen) atoms. The smallest absolute Gasteiger partial charge is 0.252 e. The van der Waals surface area contributed by atoms with Crippen molar-refractivity contribution in [1.82, 2.24) is 9.88 Å². The summed E-state index contributed by atoms with van der Waals surface area (Å²) in [5.41, 5.74) is -0.0181. The molecule has 2 aliphatic rings. The molecule has 1 fully saturated rings. The minimum absolute atomic E-state index is 0.0873. The molecule has 0 aliphatic carbocycles. The van der Waals surface area contributed by atoms with Crippen LogP contribution in [0.1, 0.15) is 6.42 Å². The lowest BCUT2D eigenvalue weighted by Crippen LogP contribution is -2.54. The Balaban J connectivity index is 1.95. The molecule has 0 aromatic carbocycles. The van der Waals surface area contributed by atoms with E-state index in [0.29, 0.717) is 31.0 Å². The van der Waals surface area contributed by atoms with Gasteiger partial charge >= 0.3 is 0 Å². The van der Waals surface area contributed by atoms with Crippen LogP contribution in [0.2, 0.25) is 0 Å². The Bertz CT molecular complexity index is 523. The van der Waals surface area contributed by atoms with Gasteiger partial charge in [0.05, 0.1) is 12.2 Å².